The summed E-state index contributed by atoms with van der Waals surface area (Å²) in [6.45, 7) is 6.63. The fourth-order valence-electron chi connectivity index (χ4n) is 2.12. The largest absolute Gasteiger partial charge is 0.493 e. The molecule has 0 atom stereocenters. The lowest BCUT2D eigenvalue weighted by atomic mass is 10.0. The number of rotatable bonds is 10. The van der Waals surface area contributed by atoms with E-state index < -0.39 is 0 Å². The minimum absolute atomic E-state index is 0.243. The molecular weight excluding hydrogens is 267 g/mol. The molecule has 0 heterocycles. The van der Waals surface area contributed by atoms with Gasteiger partial charge in [-0.05, 0) is 42.9 Å². The van der Waals surface area contributed by atoms with Crippen LogP contribution in [0, 0.1) is 11.7 Å². The van der Waals surface area contributed by atoms with Crippen LogP contribution in [0.3, 0.4) is 0 Å². The van der Waals surface area contributed by atoms with E-state index in [9.17, 15) is 9.18 Å². The van der Waals surface area contributed by atoms with E-state index in [0.717, 1.165) is 31.2 Å². The number of ether oxygens (including phenoxy) is 1. The van der Waals surface area contributed by atoms with Crippen molar-refractivity contribution in [3.8, 4) is 5.75 Å². The third-order valence-corrected chi connectivity index (χ3v) is 3.33. The Morgan fingerprint density at radius 1 is 1.19 bits per heavy atom. The Bertz CT molecular complexity index is 441. The van der Waals surface area contributed by atoms with Crippen molar-refractivity contribution < 1.29 is 13.9 Å². The van der Waals surface area contributed by atoms with Crippen LogP contribution >= 0.6 is 0 Å². The number of aryl methyl sites for hydroxylation is 1. The zero-order valence-electron chi connectivity index (χ0n) is 13.5. The highest BCUT2D eigenvalue weighted by Crippen LogP contribution is 2.19. The van der Waals surface area contributed by atoms with Crippen molar-refractivity contribution in [2.75, 3.05) is 6.61 Å². The highest BCUT2D eigenvalue weighted by molar-refractivity contribution is 5.77. The number of carbonyl (C=O) groups is 1. The minimum atomic E-state index is -0.243. The number of hydrogen-bond donors (Lipinski definition) is 0. The molecule has 0 saturated carbocycles. The van der Waals surface area contributed by atoms with Crippen LogP contribution in [0.15, 0.2) is 18.2 Å². The van der Waals surface area contributed by atoms with E-state index in [1.54, 1.807) is 6.07 Å². The topological polar surface area (TPSA) is 26.3 Å². The van der Waals surface area contributed by atoms with Crippen LogP contribution in [0.5, 0.6) is 5.75 Å². The maximum Gasteiger partial charge on any atom is 0.132 e. The van der Waals surface area contributed by atoms with E-state index in [1.807, 2.05) is 13.0 Å². The van der Waals surface area contributed by atoms with Gasteiger partial charge in [0.05, 0.1) is 6.61 Å². The Kier molecular flexibility index (Phi) is 8.03. The molecule has 0 aliphatic carbocycles. The van der Waals surface area contributed by atoms with Gasteiger partial charge in [0.2, 0.25) is 0 Å². The van der Waals surface area contributed by atoms with Crippen LogP contribution in [-0.4, -0.2) is 12.4 Å². The van der Waals surface area contributed by atoms with Crippen molar-refractivity contribution in [2.45, 2.75) is 59.3 Å². The van der Waals surface area contributed by atoms with E-state index in [-0.39, 0.29) is 5.82 Å². The van der Waals surface area contributed by atoms with Gasteiger partial charge in [-0.15, -0.1) is 0 Å². The standard InChI is InChI=1S/C18H27FO2/c1-4-17(20)9-7-5-6-8-15-10-16(19)12-18(11-15)21-13-14(2)3/h10-12,14H,4-9,13H2,1-3H3. The van der Waals surface area contributed by atoms with Gasteiger partial charge in [-0.25, -0.2) is 4.39 Å². The Balaban J connectivity index is 2.38. The summed E-state index contributed by atoms with van der Waals surface area (Å²) < 4.78 is 19.1. The van der Waals surface area contributed by atoms with Gasteiger partial charge in [0, 0.05) is 18.9 Å². The van der Waals surface area contributed by atoms with Gasteiger partial charge in [-0.1, -0.05) is 27.2 Å². The van der Waals surface area contributed by atoms with Crippen molar-refractivity contribution in [2.24, 2.45) is 5.92 Å². The van der Waals surface area contributed by atoms with E-state index >= 15 is 0 Å². The number of halogens is 1. The number of benzene rings is 1. The van der Waals surface area contributed by atoms with Crippen molar-refractivity contribution in [3.63, 3.8) is 0 Å². The summed E-state index contributed by atoms with van der Waals surface area (Å²) >= 11 is 0. The Labute approximate surface area is 127 Å². The molecular formula is C18H27FO2. The summed E-state index contributed by atoms with van der Waals surface area (Å²) in [7, 11) is 0. The van der Waals surface area contributed by atoms with Gasteiger partial charge in [0.1, 0.15) is 17.3 Å². The number of carbonyl (C=O) groups excluding carboxylic acids is 1. The summed E-state index contributed by atoms with van der Waals surface area (Å²) in [5.41, 5.74) is 0.968. The third kappa shape index (κ3) is 7.84. The summed E-state index contributed by atoms with van der Waals surface area (Å²) in [6.07, 6.45) is 5.03. The molecule has 0 amide bonds. The summed E-state index contributed by atoms with van der Waals surface area (Å²) in [4.78, 5) is 11.2. The fraction of sp³-hybridized carbons (Fsp3) is 0.611. The number of ketones is 1. The van der Waals surface area contributed by atoms with Gasteiger partial charge in [0.15, 0.2) is 0 Å². The zero-order valence-corrected chi connectivity index (χ0v) is 13.5. The molecule has 0 aromatic heterocycles. The summed E-state index contributed by atoms with van der Waals surface area (Å²) in [6, 6.07) is 4.92. The predicted octanol–water partition coefficient (Wildman–Crippen LogP) is 4.94. The van der Waals surface area contributed by atoms with Gasteiger partial charge in [-0.2, -0.15) is 0 Å². The van der Waals surface area contributed by atoms with E-state index in [0.29, 0.717) is 36.9 Å². The number of unbranched alkanes of at least 4 members (excludes halogenated alkanes) is 2. The minimum Gasteiger partial charge on any atom is -0.493 e. The Hall–Kier alpha value is -1.38. The quantitative estimate of drug-likeness (QED) is 0.571. The summed E-state index contributed by atoms with van der Waals surface area (Å²) in [5, 5.41) is 0. The normalized spacial score (nSPS) is 10.9. The van der Waals surface area contributed by atoms with Gasteiger partial charge in [0.25, 0.3) is 0 Å². The Morgan fingerprint density at radius 2 is 1.95 bits per heavy atom. The zero-order chi connectivity index (χ0) is 15.7. The average molecular weight is 294 g/mol. The molecule has 0 saturated heterocycles. The van der Waals surface area contributed by atoms with Crippen LogP contribution < -0.4 is 4.74 Å². The lowest BCUT2D eigenvalue weighted by Gasteiger charge is -2.10. The van der Waals surface area contributed by atoms with E-state index in [1.165, 1.54) is 6.07 Å². The first-order valence-electron chi connectivity index (χ1n) is 7.95. The van der Waals surface area contributed by atoms with Crippen molar-refractivity contribution >= 4 is 5.78 Å². The molecule has 0 aliphatic rings. The molecule has 21 heavy (non-hydrogen) atoms. The lowest BCUT2D eigenvalue weighted by molar-refractivity contribution is -0.118. The molecule has 1 aromatic carbocycles. The highest BCUT2D eigenvalue weighted by atomic mass is 19.1. The smallest absolute Gasteiger partial charge is 0.132 e. The molecule has 2 nitrogen and oxygen atoms in total. The molecule has 1 aromatic rings. The molecule has 0 spiro atoms. The first kappa shape index (κ1) is 17.7. The second kappa shape index (κ2) is 9.54. The van der Waals surface area contributed by atoms with Gasteiger partial charge in [-0.3, -0.25) is 4.79 Å². The fourth-order valence-corrected chi connectivity index (χ4v) is 2.12. The van der Waals surface area contributed by atoms with E-state index in [4.69, 9.17) is 4.74 Å². The van der Waals surface area contributed by atoms with Crippen molar-refractivity contribution in [3.05, 3.63) is 29.6 Å². The first-order chi connectivity index (χ1) is 10.0. The first-order valence-corrected chi connectivity index (χ1v) is 7.95. The van der Waals surface area contributed by atoms with Crippen LogP contribution in [0.25, 0.3) is 0 Å². The molecule has 0 fully saturated rings. The van der Waals surface area contributed by atoms with Crippen LogP contribution in [-0.2, 0) is 11.2 Å². The van der Waals surface area contributed by atoms with Crippen LogP contribution in [0.2, 0.25) is 0 Å². The number of hydrogen-bond acceptors (Lipinski definition) is 2. The number of Topliss-reactive ketones (excluding diaryl/α,β-unsaturated/α-hetero) is 1. The molecule has 0 bridgehead atoms. The van der Waals surface area contributed by atoms with Crippen LogP contribution in [0.4, 0.5) is 4.39 Å². The average Bonchev–Trinajstić information content (AvgIpc) is 2.44. The maximum absolute atomic E-state index is 13.6. The predicted molar refractivity (Wildman–Crippen MR) is 84.2 cm³/mol. The Morgan fingerprint density at radius 3 is 2.62 bits per heavy atom. The lowest BCUT2D eigenvalue weighted by Crippen LogP contribution is -2.05. The van der Waals surface area contributed by atoms with E-state index in [2.05, 4.69) is 13.8 Å². The van der Waals surface area contributed by atoms with Gasteiger partial charge >= 0.3 is 0 Å². The SMILES string of the molecule is CCC(=O)CCCCCc1cc(F)cc(OCC(C)C)c1. The molecule has 3 heteroatoms. The molecule has 1 rings (SSSR count). The van der Waals surface area contributed by atoms with Crippen LogP contribution in [0.1, 0.15) is 58.4 Å². The van der Waals surface area contributed by atoms with Crippen molar-refractivity contribution in [1.82, 2.24) is 0 Å². The second-order valence-corrected chi connectivity index (χ2v) is 5.95. The molecule has 0 aliphatic heterocycles. The highest BCUT2D eigenvalue weighted by Gasteiger charge is 2.04. The molecule has 0 unspecified atom stereocenters. The van der Waals surface area contributed by atoms with Gasteiger partial charge < -0.3 is 4.74 Å². The summed E-state index contributed by atoms with van der Waals surface area (Å²) in [5.74, 6) is 1.12. The monoisotopic (exact) mass is 294 g/mol. The molecule has 118 valence electrons. The molecule has 0 N–H and O–H groups in total. The third-order valence-electron chi connectivity index (χ3n) is 3.33. The van der Waals surface area contributed by atoms with Crippen molar-refractivity contribution in [1.29, 1.82) is 0 Å². The maximum atomic E-state index is 13.6. The molecule has 0 radical (unpaired) electrons. The second-order valence-electron chi connectivity index (χ2n) is 5.95.